The fourth-order valence-electron chi connectivity index (χ4n) is 1.72. The third-order valence-electron chi connectivity index (χ3n) is 2.64. The predicted octanol–water partition coefficient (Wildman–Crippen LogP) is 2.71. The Balaban J connectivity index is 2.35. The Morgan fingerprint density at radius 3 is 2.58 bits per heavy atom. The molecule has 1 aromatic rings. The zero-order valence-electron chi connectivity index (χ0n) is 10.5. The summed E-state index contributed by atoms with van der Waals surface area (Å²) in [7, 11) is 0. The number of thiocarbonyl (C=S) groups is 1. The smallest absolute Gasteiger partial charge is 0.266 e. The Morgan fingerprint density at radius 1 is 1.37 bits per heavy atom. The van der Waals surface area contributed by atoms with Crippen molar-refractivity contribution in [3.05, 3.63) is 28.7 Å². The molecule has 0 radical (unpaired) electrons. The van der Waals surface area contributed by atoms with Crippen molar-refractivity contribution in [3.8, 4) is 11.5 Å². The Labute approximate surface area is 120 Å². The Morgan fingerprint density at radius 2 is 2.05 bits per heavy atom. The van der Waals surface area contributed by atoms with Gasteiger partial charge in [0.25, 0.3) is 5.91 Å². The van der Waals surface area contributed by atoms with Gasteiger partial charge in [-0.15, -0.1) is 0 Å². The fourth-order valence-corrected chi connectivity index (χ4v) is 3.24. The summed E-state index contributed by atoms with van der Waals surface area (Å²) in [5, 5.41) is 18.9. The summed E-state index contributed by atoms with van der Waals surface area (Å²) < 4.78 is 0.518. The predicted molar refractivity (Wildman–Crippen MR) is 79.9 cm³/mol. The van der Waals surface area contributed by atoms with E-state index in [0.29, 0.717) is 14.8 Å². The van der Waals surface area contributed by atoms with E-state index in [0.717, 1.165) is 0 Å². The molecule has 1 aromatic carbocycles. The van der Waals surface area contributed by atoms with Crippen LogP contribution in [-0.2, 0) is 4.79 Å². The second kappa shape index (κ2) is 5.22. The van der Waals surface area contributed by atoms with Crippen LogP contribution < -0.4 is 0 Å². The highest BCUT2D eigenvalue weighted by molar-refractivity contribution is 8.26. The molecule has 4 nitrogen and oxygen atoms in total. The van der Waals surface area contributed by atoms with Crippen molar-refractivity contribution in [2.45, 2.75) is 19.9 Å². The first-order valence-electron chi connectivity index (χ1n) is 5.69. The molecule has 1 amide bonds. The summed E-state index contributed by atoms with van der Waals surface area (Å²) in [5.41, 5.74) is 0.474. The number of phenolic OH excluding ortho intramolecular Hbond substituents is 2. The van der Waals surface area contributed by atoms with Gasteiger partial charge >= 0.3 is 0 Å². The van der Waals surface area contributed by atoms with Crippen molar-refractivity contribution in [1.29, 1.82) is 0 Å². The van der Waals surface area contributed by atoms with E-state index in [2.05, 4.69) is 0 Å². The first kappa shape index (κ1) is 13.9. The lowest BCUT2D eigenvalue weighted by molar-refractivity contribution is -0.123. The van der Waals surface area contributed by atoms with Crippen LogP contribution in [0.5, 0.6) is 11.5 Å². The first-order valence-corrected chi connectivity index (χ1v) is 6.91. The number of phenols is 2. The molecule has 1 aliphatic heterocycles. The molecule has 2 rings (SSSR count). The SMILES string of the molecule is CC(C)N1C(=O)C(=Cc2ccc(O)cc2O)SC1=S. The Bertz CT molecular complexity index is 581. The number of benzene rings is 1. The van der Waals surface area contributed by atoms with E-state index in [9.17, 15) is 15.0 Å². The van der Waals surface area contributed by atoms with Gasteiger partial charge in [0.05, 0.1) is 4.91 Å². The average molecular weight is 295 g/mol. The first-order chi connectivity index (χ1) is 8.90. The molecule has 0 spiro atoms. The van der Waals surface area contributed by atoms with Gasteiger partial charge in [-0.25, -0.2) is 0 Å². The van der Waals surface area contributed by atoms with Crippen molar-refractivity contribution < 1.29 is 15.0 Å². The molecule has 0 unspecified atom stereocenters. The number of rotatable bonds is 2. The lowest BCUT2D eigenvalue weighted by Crippen LogP contribution is -2.34. The van der Waals surface area contributed by atoms with Crippen LogP contribution in [0.2, 0.25) is 0 Å². The highest BCUT2D eigenvalue weighted by Gasteiger charge is 2.33. The highest BCUT2D eigenvalue weighted by atomic mass is 32.2. The minimum absolute atomic E-state index is 0.00631. The lowest BCUT2D eigenvalue weighted by atomic mass is 10.1. The number of thioether (sulfide) groups is 1. The molecular weight excluding hydrogens is 282 g/mol. The molecule has 1 saturated heterocycles. The van der Waals surface area contributed by atoms with Gasteiger partial charge in [0, 0.05) is 17.7 Å². The topological polar surface area (TPSA) is 60.8 Å². The molecule has 100 valence electrons. The summed E-state index contributed by atoms with van der Waals surface area (Å²) in [4.78, 5) is 14.2. The monoisotopic (exact) mass is 295 g/mol. The van der Waals surface area contributed by atoms with Gasteiger partial charge < -0.3 is 10.2 Å². The van der Waals surface area contributed by atoms with Crippen molar-refractivity contribution >= 4 is 40.3 Å². The van der Waals surface area contributed by atoms with Crippen LogP contribution >= 0.6 is 24.0 Å². The van der Waals surface area contributed by atoms with E-state index in [1.54, 1.807) is 17.0 Å². The molecule has 19 heavy (non-hydrogen) atoms. The van der Waals surface area contributed by atoms with Crippen LogP contribution in [0, 0.1) is 0 Å². The van der Waals surface area contributed by atoms with Crippen molar-refractivity contribution in [1.82, 2.24) is 4.90 Å². The van der Waals surface area contributed by atoms with E-state index in [1.165, 1.54) is 23.9 Å². The van der Waals surface area contributed by atoms with E-state index >= 15 is 0 Å². The van der Waals surface area contributed by atoms with Crippen molar-refractivity contribution in [2.24, 2.45) is 0 Å². The van der Waals surface area contributed by atoms with Gasteiger partial charge in [-0.1, -0.05) is 24.0 Å². The maximum atomic E-state index is 12.2. The number of hydrogen-bond donors (Lipinski definition) is 2. The summed E-state index contributed by atoms with van der Waals surface area (Å²) in [6.07, 6.45) is 1.58. The van der Waals surface area contributed by atoms with Gasteiger partial charge in [0.2, 0.25) is 0 Å². The standard InChI is InChI=1S/C13H13NO3S2/c1-7(2)14-12(17)11(19-13(14)18)5-8-3-4-9(15)6-10(8)16/h3-7,15-16H,1-2H3. The zero-order valence-corrected chi connectivity index (χ0v) is 12.1. The summed E-state index contributed by atoms with van der Waals surface area (Å²) in [6.45, 7) is 3.79. The number of nitrogens with zero attached hydrogens (tertiary/aromatic N) is 1. The van der Waals surface area contributed by atoms with Gasteiger partial charge in [-0.05, 0) is 32.1 Å². The van der Waals surface area contributed by atoms with Crippen LogP contribution in [0.4, 0.5) is 0 Å². The number of carbonyl (C=O) groups excluding carboxylic acids is 1. The number of carbonyl (C=O) groups is 1. The maximum absolute atomic E-state index is 12.2. The fraction of sp³-hybridized carbons (Fsp3) is 0.231. The molecule has 1 fully saturated rings. The highest BCUT2D eigenvalue weighted by Crippen LogP contribution is 2.35. The number of aromatic hydroxyl groups is 2. The van der Waals surface area contributed by atoms with Gasteiger partial charge in [0.1, 0.15) is 15.8 Å². The third-order valence-corrected chi connectivity index (χ3v) is 3.97. The number of hydrogen-bond acceptors (Lipinski definition) is 5. The minimum atomic E-state index is -0.155. The van der Waals surface area contributed by atoms with E-state index < -0.39 is 0 Å². The quantitative estimate of drug-likeness (QED) is 0.649. The molecule has 2 N–H and O–H groups in total. The van der Waals surface area contributed by atoms with Crippen LogP contribution in [0.15, 0.2) is 23.1 Å². The molecule has 6 heteroatoms. The number of amides is 1. The molecule has 0 aromatic heterocycles. The average Bonchev–Trinajstić information content (AvgIpc) is 2.58. The van der Waals surface area contributed by atoms with Gasteiger partial charge in [-0.3, -0.25) is 9.69 Å². The third kappa shape index (κ3) is 2.74. The van der Waals surface area contributed by atoms with Gasteiger partial charge in [0.15, 0.2) is 0 Å². The van der Waals surface area contributed by atoms with E-state index in [-0.39, 0.29) is 23.4 Å². The van der Waals surface area contributed by atoms with Crippen LogP contribution in [0.3, 0.4) is 0 Å². The second-order valence-electron chi connectivity index (χ2n) is 4.39. The second-order valence-corrected chi connectivity index (χ2v) is 6.06. The zero-order chi connectivity index (χ0) is 14.2. The van der Waals surface area contributed by atoms with Crippen molar-refractivity contribution in [3.63, 3.8) is 0 Å². The largest absolute Gasteiger partial charge is 0.508 e. The van der Waals surface area contributed by atoms with E-state index in [4.69, 9.17) is 12.2 Å². The lowest BCUT2D eigenvalue weighted by Gasteiger charge is -2.18. The summed E-state index contributed by atoms with van der Waals surface area (Å²) in [5.74, 6) is -0.253. The van der Waals surface area contributed by atoms with Crippen LogP contribution in [0.25, 0.3) is 6.08 Å². The summed E-state index contributed by atoms with van der Waals surface area (Å²) in [6, 6.07) is 4.24. The van der Waals surface area contributed by atoms with Crippen molar-refractivity contribution in [2.75, 3.05) is 0 Å². The molecular formula is C13H13NO3S2. The van der Waals surface area contributed by atoms with Crippen LogP contribution in [-0.4, -0.2) is 31.4 Å². The maximum Gasteiger partial charge on any atom is 0.266 e. The molecule has 1 aliphatic rings. The summed E-state index contributed by atoms with van der Waals surface area (Å²) >= 11 is 6.38. The van der Waals surface area contributed by atoms with E-state index in [1.807, 2.05) is 13.8 Å². The molecule has 0 atom stereocenters. The van der Waals surface area contributed by atoms with Gasteiger partial charge in [-0.2, -0.15) is 0 Å². The van der Waals surface area contributed by atoms with Crippen LogP contribution in [0.1, 0.15) is 19.4 Å². The molecule has 1 heterocycles. The Kier molecular flexibility index (Phi) is 3.82. The molecule has 0 aliphatic carbocycles. The molecule has 0 bridgehead atoms. The normalized spacial score (nSPS) is 17.8. The Hall–Kier alpha value is -1.53. The molecule has 0 saturated carbocycles. The minimum Gasteiger partial charge on any atom is -0.508 e.